The summed E-state index contributed by atoms with van der Waals surface area (Å²) in [7, 11) is 1.51. The number of anilines is 1. The van der Waals surface area contributed by atoms with Gasteiger partial charge in [-0.3, -0.25) is 14.5 Å². The lowest BCUT2D eigenvalue weighted by Gasteiger charge is -2.25. The van der Waals surface area contributed by atoms with Gasteiger partial charge in [0.2, 0.25) is 0 Å². The van der Waals surface area contributed by atoms with E-state index in [2.05, 4.69) is 0 Å². The highest BCUT2D eigenvalue weighted by atomic mass is 16.5. The lowest BCUT2D eigenvalue weighted by Crippen LogP contribution is -2.29. The number of ketones is 1. The molecule has 7 heteroatoms. The number of methoxy groups -OCH3 is 1. The minimum Gasteiger partial charge on any atom is -0.507 e. The van der Waals surface area contributed by atoms with E-state index in [0.717, 1.165) is 6.42 Å². The van der Waals surface area contributed by atoms with Crippen molar-refractivity contribution in [3.05, 3.63) is 95.1 Å². The Balaban J connectivity index is 1.87. The summed E-state index contributed by atoms with van der Waals surface area (Å²) in [4.78, 5) is 27.8. The van der Waals surface area contributed by atoms with Crippen LogP contribution in [0.2, 0.25) is 0 Å². The van der Waals surface area contributed by atoms with E-state index in [1.807, 2.05) is 13.0 Å². The molecule has 0 bridgehead atoms. The number of benzene rings is 3. The molecule has 0 spiro atoms. The van der Waals surface area contributed by atoms with E-state index in [4.69, 9.17) is 14.7 Å². The Morgan fingerprint density at radius 2 is 1.74 bits per heavy atom. The zero-order chi connectivity index (χ0) is 24.9. The number of nitriles is 1. The Bertz CT molecular complexity index is 1320. The molecule has 1 amide bonds. The second-order valence-electron chi connectivity index (χ2n) is 7.98. The van der Waals surface area contributed by atoms with Gasteiger partial charge in [-0.1, -0.05) is 31.2 Å². The fourth-order valence-electron chi connectivity index (χ4n) is 4.00. The van der Waals surface area contributed by atoms with Gasteiger partial charge in [0, 0.05) is 11.3 Å². The van der Waals surface area contributed by atoms with E-state index in [-0.39, 0.29) is 11.3 Å². The third-order valence-corrected chi connectivity index (χ3v) is 5.73. The van der Waals surface area contributed by atoms with Gasteiger partial charge in [-0.15, -0.1) is 0 Å². The molecule has 4 rings (SSSR count). The summed E-state index contributed by atoms with van der Waals surface area (Å²) in [5.74, 6) is -0.695. The molecule has 3 aromatic carbocycles. The molecule has 1 saturated heterocycles. The van der Waals surface area contributed by atoms with Gasteiger partial charge in [-0.2, -0.15) is 5.26 Å². The molecule has 1 fully saturated rings. The molecule has 1 aliphatic heterocycles. The molecule has 0 aliphatic carbocycles. The standard InChI is InChI=1S/C28H24N2O5/c1-3-15-35-22-13-9-19(10-14-22)25-24(26(31)20-5-4-6-23(16-20)34-2)27(32)28(33)30(25)21-11-7-18(17-29)8-12-21/h4-14,16,25,31H,3,15H2,1-2H3/b26-24-. The number of nitrogens with zero attached hydrogens (tertiary/aromatic N) is 2. The number of aliphatic hydroxyl groups is 1. The van der Waals surface area contributed by atoms with Gasteiger partial charge in [-0.05, 0) is 60.5 Å². The number of carbonyl (C=O) groups is 2. The Kier molecular flexibility index (Phi) is 6.83. The molecule has 1 atom stereocenters. The predicted molar refractivity (Wildman–Crippen MR) is 131 cm³/mol. The van der Waals surface area contributed by atoms with E-state index in [1.54, 1.807) is 72.8 Å². The van der Waals surface area contributed by atoms with Gasteiger partial charge in [0.05, 0.1) is 37.0 Å². The first-order chi connectivity index (χ1) is 17.0. The van der Waals surface area contributed by atoms with Crippen molar-refractivity contribution in [3.8, 4) is 17.6 Å². The Morgan fingerprint density at radius 1 is 1.03 bits per heavy atom. The maximum atomic E-state index is 13.3. The Labute approximate surface area is 203 Å². The van der Waals surface area contributed by atoms with E-state index >= 15 is 0 Å². The molecular weight excluding hydrogens is 444 g/mol. The van der Waals surface area contributed by atoms with Gasteiger partial charge in [0.15, 0.2) is 0 Å². The van der Waals surface area contributed by atoms with Crippen LogP contribution in [0.1, 0.15) is 36.1 Å². The number of amides is 1. The van der Waals surface area contributed by atoms with Crippen LogP contribution in [0.15, 0.2) is 78.4 Å². The third-order valence-electron chi connectivity index (χ3n) is 5.73. The van der Waals surface area contributed by atoms with E-state index in [9.17, 15) is 14.7 Å². The van der Waals surface area contributed by atoms with E-state index in [1.165, 1.54) is 12.0 Å². The minimum atomic E-state index is -0.880. The average Bonchev–Trinajstić information content (AvgIpc) is 3.17. The number of rotatable bonds is 7. The summed E-state index contributed by atoms with van der Waals surface area (Å²) in [5, 5.41) is 20.4. The summed E-state index contributed by atoms with van der Waals surface area (Å²) >= 11 is 0. The monoisotopic (exact) mass is 468 g/mol. The highest BCUT2D eigenvalue weighted by Crippen LogP contribution is 2.42. The van der Waals surface area contributed by atoms with E-state index in [0.29, 0.717) is 40.5 Å². The molecule has 0 saturated carbocycles. The van der Waals surface area contributed by atoms with Crippen LogP contribution in [-0.4, -0.2) is 30.5 Å². The lowest BCUT2D eigenvalue weighted by molar-refractivity contribution is -0.132. The fourth-order valence-corrected chi connectivity index (χ4v) is 4.00. The largest absolute Gasteiger partial charge is 0.507 e. The van der Waals surface area contributed by atoms with Gasteiger partial charge >= 0.3 is 0 Å². The number of Topliss-reactive ketones (excluding diaryl/α,β-unsaturated/α-hetero) is 1. The summed E-state index contributed by atoms with van der Waals surface area (Å²) in [5.41, 5.74) is 1.81. The van der Waals surface area contributed by atoms with Crippen LogP contribution in [0.3, 0.4) is 0 Å². The van der Waals surface area contributed by atoms with E-state index < -0.39 is 17.7 Å². The minimum absolute atomic E-state index is 0.0326. The number of carbonyl (C=O) groups excluding carboxylic acids is 2. The molecule has 1 N–H and O–H groups in total. The van der Waals surface area contributed by atoms with Gasteiger partial charge in [0.1, 0.15) is 17.3 Å². The normalized spacial score (nSPS) is 16.7. The van der Waals surface area contributed by atoms with Crippen molar-refractivity contribution >= 4 is 23.1 Å². The first-order valence-electron chi connectivity index (χ1n) is 11.2. The molecule has 7 nitrogen and oxygen atoms in total. The summed E-state index contributed by atoms with van der Waals surface area (Å²) in [6, 6.07) is 21.3. The first kappa shape index (κ1) is 23.6. The Morgan fingerprint density at radius 3 is 2.37 bits per heavy atom. The molecule has 1 heterocycles. The predicted octanol–water partition coefficient (Wildman–Crippen LogP) is 4.98. The highest BCUT2D eigenvalue weighted by molar-refractivity contribution is 6.51. The van der Waals surface area contributed by atoms with Crippen LogP contribution in [-0.2, 0) is 9.59 Å². The molecule has 0 radical (unpaired) electrons. The molecule has 35 heavy (non-hydrogen) atoms. The second-order valence-corrected chi connectivity index (χ2v) is 7.98. The van der Waals surface area contributed by atoms with Crippen molar-refractivity contribution in [1.29, 1.82) is 5.26 Å². The fraction of sp³-hybridized carbons (Fsp3) is 0.179. The summed E-state index contributed by atoms with van der Waals surface area (Å²) in [6.45, 7) is 2.58. The molecule has 1 aliphatic rings. The molecule has 3 aromatic rings. The zero-order valence-corrected chi connectivity index (χ0v) is 19.4. The number of hydrogen-bond acceptors (Lipinski definition) is 6. The van der Waals surface area contributed by atoms with Crippen LogP contribution in [0.5, 0.6) is 11.5 Å². The van der Waals surface area contributed by atoms with Crippen molar-refractivity contribution in [1.82, 2.24) is 0 Å². The summed E-state index contributed by atoms with van der Waals surface area (Å²) in [6.07, 6.45) is 0.862. The zero-order valence-electron chi connectivity index (χ0n) is 19.4. The van der Waals surface area contributed by atoms with Gasteiger partial charge in [0.25, 0.3) is 11.7 Å². The smallest absolute Gasteiger partial charge is 0.300 e. The number of ether oxygens (including phenoxy) is 2. The van der Waals surface area contributed by atoms with Crippen molar-refractivity contribution in [2.45, 2.75) is 19.4 Å². The highest BCUT2D eigenvalue weighted by Gasteiger charge is 2.47. The number of aliphatic hydroxyl groups excluding tert-OH is 1. The SMILES string of the molecule is CCCOc1ccc(C2/C(=C(/O)c3cccc(OC)c3)C(=O)C(=O)N2c2ccc(C#N)cc2)cc1. The van der Waals surface area contributed by atoms with Crippen LogP contribution < -0.4 is 14.4 Å². The van der Waals surface area contributed by atoms with Gasteiger partial charge in [-0.25, -0.2) is 0 Å². The number of hydrogen-bond donors (Lipinski definition) is 1. The van der Waals surface area contributed by atoms with Gasteiger partial charge < -0.3 is 14.6 Å². The quantitative estimate of drug-likeness (QED) is 0.298. The van der Waals surface area contributed by atoms with Crippen LogP contribution >= 0.6 is 0 Å². The maximum Gasteiger partial charge on any atom is 0.300 e. The molecule has 176 valence electrons. The molecule has 1 unspecified atom stereocenters. The summed E-state index contributed by atoms with van der Waals surface area (Å²) < 4.78 is 10.9. The van der Waals surface area contributed by atoms with Crippen molar-refractivity contribution in [2.24, 2.45) is 0 Å². The molecular formula is C28H24N2O5. The second kappa shape index (κ2) is 10.1. The van der Waals surface area contributed by atoms with Crippen LogP contribution in [0.4, 0.5) is 5.69 Å². The Hall–Kier alpha value is -4.57. The average molecular weight is 469 g/mol. The maximum absolute atomic E-state index is 13.3. The lowest BCUT2D eigenvalue weighted by atomic mass is 9.95. The van der Waals surface area contributed by atoms with Crippen molar-refractivity contribution in [2.75, 3.05) is 18.6 Å². The first-order valence-corrected chi connectivity index (χ1v) is 11.2. The third kappa shape index (κ3) is 4.59. The molecule has 0 aromatic heterocycles. The van der Waals surface area contributed by atoms with Crippen LogP contribution in [0.25, 0.3) is 5.76 Å². The van der Waals surface area contributed by atoms with Crippen molar-refractivity contribution < 1.29 is 24.2 Å². The van der Waals surface area contributed by atoms with Crippen molar-refractivity contribution in [3.63, 3.8) is 0 Å². The topological polar surface area (TPSA) is 99.9 Å². The van der Waals surface area contributed by atoms with Crippen LogP contribution in [0, 0.1) is 11.3 Å².